The van der Waals surface area contributed by atoms with E-state index >= 15 is 0 Å². The maximum absolute atomic E-state index is 12.2. The lowest BCUT2D eigenvalue weighted by Crippen LogP contribution is -2.44. The summed E-state index contributed by atoms with van der Waals surface area (Å²) in [6, 6.07) is 8.33. The van der Waals surface area contributed by atoms with Crippen molar-refractivity contribution in [1.82, 2.24) is 16.2 Å². The first-order chi connectivity index (χ1) is 11.4. The number of nitrogens with one attached hydrogen (secondary N) is 3. The van der Waals surface area contributed by atoms with Gasteiger partial charge >= 0.3 is 0 Å². The van der Waals surface area contributed by atoms with Gasteiger partial charge in [-0.1, -0.05) is 26.0 Å². The summed E-state index contributed by atoms with van der Waals surface area (Å²) in [5.41, 5.74) is 7.53. The minimum absolute atomic E-state index is 0.0773. The standard InChI is InChI=1S/C19H31N3O2/c1-13(2)11-16-12-18(22-21-16)19(23)20-10-9-15-5-7-17(8-6-15)24-14(3)4/h5-8,13-14,16,18,21-22H,9-12H2,1-4H3,(H,20,23). The van der Waals surface area contributed by atoms with Crippen molar-refractivity contribution in [3.8, 4) is 5.75 Å². The lowest BCUT2D eigenvalue weighted by Gasteiger charge is -2.12. The fourth-order valence-electron chi connectivity index (χ4n) is 2.98. The van der Waals surface area contributed by atoms with Crippen molar-refractivity contribution in [3.05, 3.63) is 29.8 Å². The van der Waals surface area contributed by atoms with E-state index in [2.05, 4.69) is 42.1 Å². The number of carbonyl (C=O) groups excluding carboxylic acids is 1. The summed E-state index contributed by atoms with van der Waals surface area (Å²) in [6.45, 7) is 9.08. The monoisotopic (exact) mass is 333 g/mol. The molecule has 2 atom stereocenters. The van der Waals surface area contributed by atoms with Gasteiger partial charge < -0.3 is 10.1 Å². The highest BCUT2D eigenvalue weighted by Gasteiger charge is 2.29. The number of ether oxygens (including phenoxy) is 1. The second-order valence-corrected chi connectivity index (χ2v) is 7.26. The van der Waals surface area contributed by atoms with Gasteiger partial charge in [-0.2, -0.15) is 0 Å². The van der Waals surface area contributed by atoms with Gasteiger partial charge in [0.1, 0.15) is 11.8 Å². The molecule has 2 unspecified atom stereocenters. The second-order valence-electron chi connectivity index (χ2n) is 7.26. The highest BCUT2D eigenvalue weighted by atomic mass is 16.5. The lowest BCUT2D eigenvalue weighted by molar-refractivity contribution is -0.122. The maximum atomic E-state index is 12.2. The molecular weight excluding hydrogens is 302 g/mol. The van der Waals surface area contributed by atoms with Crippen LogP contribution in [0.4, 0.5) is 0 Å². The van der Waals surface area contributed by atoms with Crippen LogP contribution in [0.1, 0.15) is 46.1 Å². The molecule has 1 heterocycles. The van der Waals surface area contributed by atoms with Crippen LogP contribution in [0.3, 0.4) is 0 Å². The molecule has 0 aromatic heterocycles. The molecule has 0 saturated carbocycles. The Balaban J connectivity index is 1.69. The molecular formula is C19H31N3O2. The number of hydrogen-bond donors (Lipinski definition) is 3. The number of hydrazine groups is 1. The Morgan fingerprint density at radius 3 is 2.54 bits per heavy atom. The van der Waals surface area contributed by atoms with Gasteiger partial charge in [0.2, 0.25) is 5.91 Å². The molecule has 1 aromatic rings. The number of benzene rings is 1. The molecule has 1 saturated heterocycles. The molecule has 134 valence electrons. The molecule has 24 heavy (non-hydrogen) atoms. The summed E-state index contributed by atoms with van der Waals surface area (Å²) >= 11 is 0. The lowest BCUT2D eigenvalue weighted by atomic mass is 10.00. The van der Waals surface area contributed by atoms with E-state index in [-0.39, 0.29) is 18.1 Å². The van der Waals surface area contributed by atoms with Crippen molar-refractivity contribution in [2.75, 3.05) is 6.54 Å². The summed E-state index contributed by atoms with van der Waals surface area (Å²) in [6.07, 6.45) is 2.94. The first-order valence-electron chi connectivity index (χ1n) is 8.98. The number of carbonyl (C=O) groups is 1. The summed E-state index contributed by atoms with van der Waals surface area (Å²) in [4.78, 5) is 12.2. The molecule has 0 spiro atoms. The molecule has 0 radical (unpaired) electrons. The fraction of sp³-hybridized carbons (Fsp3) is 0.632. The van der Waals surface area contributed by atoms with Crippen molar-refractivity contribution >= 4 is 5.91 Å². The molecule has 1 fully saturated rings. The van der Waals surface area contributed by atoms with Gasteiger partial charge in [0.15, 0.2) is 0 Å². The van der Waals surface area contributed by atoms with Crippen LogP contribution < -0.4 is 20.9 Å². The Hall–Kier alpha value is -1.59. The minimum atomic E-state index is -0.129. The van der Waals surface area contributed by atoms with Crippen LogP contribution in [0.2, 0.25) is 0 Å². The van der Waals surface area contributed by atoms with E-state index in [9.17, 15) is 4.79 Å². The average molecular weight is 333 g/mol. The van der Waals surface area contributed by atoms with Crippen molar-refractivity contribution < 1.29 is 9.53 Å². The smallest absolute Gasteiger partial charge is 0.238 e. The van der Waals surface area contributed by atoms with Crippen molar-refractivity contribution in [3.63, 3.8) is 0 Å². The van der Waals surface area contributed by atoms with Crippen LogP contribution in [-0.2, 0) is 11.2 Å². The Kier molecular flexibility index (Phi) is 7.06. The fourth-order valence-corrected chi connectivity index (χ4v) is 2.98. The molecule has 3 N–H and O–H groups in total. The van der Waals surface area contributed by atoms with Crippen LogP contribution in [0, 0.1) is 5.92 Å². The zero-order valence-corrected chi connectivity index (χ0v) is 15.3. The SMILES string of the molecule is CC(C)CC1CC(C(=O)NCCc2ccc(OC(C)C)cc2)NN1. The van der Waals surface area contributed by atoms with E-state index < -0.39 is 0 Å². The van der Waals surface area contributed by atoms with Gasteiger partial charge in [-0.25, -0.2) is 5.43 Å². The van der Waals surface area contributed by atoms with Gasteiger partial charge in [-0.3, -0.25) is 10.2 Å². The van der Waals surface area contributed by atoms with Gasteiger partial charge in [-0.15, -0.1) is 0 Å². The first kappa shape index (κ1) is 18.7. The highest BCUT2D eigenvalue weighted by molar-refractivity contribution is 5.82. The first-order valence-corrected chi connectivity index (χ1v) is 8.98. The summed E-state index contributed by atoms with van der Waals surface area (Å²) in [5.74, 6) is 1.59. The van der Waals surface area contributed by atoms with E-state index in [4.69, 9.17) is 4.74 Å². The van der Waals surface area contributed by atoms with Crippen molar-refractivity contribution in [2.45, 2.75) is 65.1 Å². The van der Waals surface area contributed by atoms with Crippen LogP contribution in [0.25, 0.3) is 0 Å². The molecule has 2 rings (SSSR count). The van der Waals surface area contributed by atoms with E-state index in [1.807, 2.05) is 26.0 Å². The van der Waals surface area contributed by atoms with Gasteiger partial charge in [0.25, 0.3) is 0 Å². The molecule has 1 amide bonds. The number of hydrogen-bond acceptors (Lipinski definition) is 4. The molecule has 1 aliphatic rings. The number of rotatable bonds is 8. The van der Waals surface area contributed by atoms with Gasteiger partial charge in [0, 0.05) is 12.6 Å². The summed E-state index contributed by atoms with van der Waals surface area (Å²) in [5, 5.41) is 3.02. The number of amides is 1. The quantitative estimate of drug-likeness (QED) is 0.684. The third-order valence-electron chi connectivity index (χ3n) is 4.06. The van der Waals surface area contributed by atoms with Crippen molar-refractivity contribution in [1.29, 1.82) is 0 Å². The zero-order valence-electron chi connectivity index (χ0n) is 15.3. The molecule has 0 aliphatic carbocycles. The van der Waals surface area contributed by atoms with Crippen molar-refractivity contribution in [2.24, 2.45) is 5.92 Å². The third-order valence-corrected chi connectivity index (χ3v) is 4.06. The van der Waals surface area contributed by atoms with Crippen LogP contribution >= 0.6 is 0 Å². The van der Waals surface area contributed by atoms with Gasteiger partial charge in [-0.05, 0) is 56.7 Å². The van der Waals surface area contributed by atoms with E-state index in [0.29, 0.717) is 18.5 Å². The molecule has 5 nitrogen and oxygen atoms in total. The highest BCUT2D eigenvalue weighted by Crippen LogP contribution is 2.15. The molecule has 0 bridgehead atoms. The minimum Gasteiger partial charge on any atom is -0.491 e. The second kappa shape index (κ2) is 9.04. The molecule has 1 aromatic carbocycles. The largest absolute Gasteiger partial charge is 0.491 e. The van der Waals surface area contributed by atoms with Crippen LogP contribution in [0.5, 0.6) is 5.75 Å². The molecule has 5 heteroatoms. The van der Waals surface area contributed by atoms with E-state index in [1.54, 1.807) is 0 Å². The Morgan fingerprint density at radius 2 is 1.92 bits per heavy atom. The topological polar surface area (TPSA) is 62.4 Å². The Labute approximate surface area is 145 Å². The summed E-state index contributed by atoms with van der Waals surface area (Å²) in [7, 11) is 0. The normalized spacial score (nSPS) is 20.6. The van der Waals surface area contributed by atoms with E-state index in [0.717, 1.165) is 25.0 Å². The predicted octanol–water partition coefficient (Wildman–Crippen LogP) is 2.41. The average Bonchev–Trinajstić information content (AvgIpc) is 2.96. The third kappa shape index (κ3) is 6.13. The van der Waals surface area contributed by atoms with Crippen LogP contribution in [0.15, 0.2) is 24.3 Å². The zero-order chi connectivity index (χ0) is 17.5. The van der Waals surface area contributed by atoms with Gasteiger partial charge in [0.05, 0.1) is 6.10 Å². The molecule has 1 aliphatic heterocycles. The maximum Gasteiger partial charge on any atom is 0.238 e. The predicted molar refractivity (Wildman–Crippen MR) is 96.8 cm³/mol. The van der Waals surface area contributed by atoms with E-state index in [1.165, 1.54) is 5.56 Å². The van der Waals surface area contributed by atoms with Crippen LogP contribution in [-0.4, -0.2) is 30.6 Å². The summed E-state index contributed by atoms with van der Waals surface area (Å²) < 4.78 is 5.63. The Morgan fingerprint density at radius 1 is 1.21 bits per heavy atom. The Bertz CT molecular complexity index is 514.